The van der Waals surface area contributed by atoms with Gasteiger partial charge in [0.1, 0.15) is 11.6 Å². The minimum absolute atomic E-state index is 0.310. The number of carbonyl (C=O) groups is 1. The lowest BCUT2D eigenvalue weighted by molar-refractivity contribution is -0.118. The molecule has 1 aromatic rings. The van der Waals surface area contributed by atoms with E-state index in [-0.39, 0.29) is 0 Å². The first-order chi connectivity index (χ1) is 7.27. The molecule has 15 heavy (non-hydrogen) atoms. The third kappa shape index (κ3) is 3.86. The minimum atomic E-state index is 0.310. The van der Waals surface area contributed by atoms with E-state index in [1.54, 1.807) is 6.20 Å². The molecule has 0 amide bonds. The number of aryl methyl sites for hydroxylation is 1. The number of Topliss-reactive ketones (excluding diaryl/α,β-unsaturated/α-hetero) is 1. The molecule has 0 saturated heterocycles. The van der Waals surface area contributed by atoms with Crippen molar-refractivity contribution in [1.82, 2.24) is 9.55 Å². The third-order valence-corrected chi connectivity index (χ3v) is 2.56. The number of hydrogen-bond acceptors (Lipinski definition) is 2. The summed E-state index contributed by atoms with van der Waals surface area (Å²) in [4.78, 5) is 15.8. The summed E-state index contributed by atoms with van der Waals surface area (Å²) in [5.74, 6) is 1.21. The Morgan fingerprint density at radius 3 is 2.87 bits per heavy atom. The van der Waals surface area contributed by atoms with Crippen molar-refractivity contribution >= 4 is 5.78 Å². The lowest BCUT2D eigenvalue weighted by Gasteiger charge is -2.03. The van der Waals surface area contributed by atoms with Gasteiger partial charge in [-0.15, -0.1) is 0 Å². The van der Waals surface area contributed by atoms with E-state index in [2.05, 4.69) is 18.8 Å². The van der Waals surface area contributed by atoms with Crippen molar-refractivity contribution in [3.05, 3.63) is 18.2 Å². The quantitative estimate of drug-likeness (QED) is 0.645. The lowest BCUT2D eigenvalue weighted by atomic mass is 10.1. The Morgan fingerprint density at radius 2 is 2.20 bits per heavy atom. The molecule has 0 aliphatic rings. The highest BCUT2D eigenvalue weighted by atomic mass is 16.1. The van der Waals surface area contributed by atoms with Crippen LogP contribution in [0.15, 0.2) is 12.4 Å². The zero-order valence-corrected chi connectivity index (χ0v) is 9.70. The molecule has 0 saturated carbocycles. The summed E-state index contributed by atoms with van der Waals surface area (Å²) in [5.41, 5.74) is 0. The summed E-state index contributed by atoms with van der Waals surface area (Å²) in [6.07, 6.45) is 8.20. The molecule has 0 unspecified atom stereocenters. The second-order valence-corrected chi connectivity index (χ2v) is 3.80. The van der Waals surface area contributed by atoms with E-state index in [0.717, 1.165) is 31.6 Å². The highest BCUT2D eigenvalue weighted by molar-refractivity contribution is 5.80. The number of nitrogens with zero attached hydrogens (tertiary/aromatic N) is 2. The van der Waals surface area contributed by atoms with Gasteiger partial charge >= 0.3 is 0 Å². The fourth-order valence-electron chi connectivity index (χ4n) is 1.63. The predicted octanol–water partition coefficient (Wildman–Crippen LogP) is 2.59. The molecule has 1 rings (SSSR count). The topological polar surface area (TPSA) is 34.9 Å². The van der Waals surface area contributed by atoms with Crippen molar-refractivity contribution in [2.45, 2.75) is 52.5 Å². The van der Waals surface area contributed by atoms with E-state index in [4.69, 9.17) is 0 Å². The maximum Gasteiger partial charge on any atom is 0.140 e. The van der Waals surface area contributed by atoms with Gasteiger partial charge in [-0.1, -0.05) is 19.8 Å². The molecule has 3 nitrogen and oxygen atoms in total. The van der Waals surface area contributed by atoms with Crippen LogP contribution >= 0.6 is 0 Å². The van der Waals surface area contributed by atoms with Crippen molar-refractivity contribution in [3.63, 3.8) is 0 Å². The van der Waals surface area contributed by atoms with Crippen molar-refractivity contribution in [2.75, 3.05) is 0 Å². The number of rotatable bonds is 7. The van der Waals surface area contributed by atoms with Crippen molar-refractivity contribution in [3.8, 4) is 0 Å². The molecule has 0 N–H and O–H groups in total. The molecule has 3 heteroatoms. The summed E-state index contributed by atoms with van der Waals surface area (Å²) in [7, 11) is 0. The molecule has 0 aliphatic carbocycles. The van der Waals surface area contributed by atoms with Gasteiger partial charge in [0.2, 0.25) is 0 Å². The van der Waals surface area contributed by atoms with Gasteiger partial charge in [0.15, 0.2) is 0 Å². The van der Waals surface area contributed by atoms with Crippen LogP contribution in [0.1, 0.15) is 45.4 Å². The first kappa shape index (κ1) is 12.0. The van der Waals surface area contributed by atoms with Gasteiger partial charge in [-0.05, 0) is 13.3 Å². The third-order valence-electron chi connectivity index (χ3n) is 2.56. The summed E-state index contributed by atoms with van der Waals surface area (Å²) in [6, 6.07) is 0. The number of aromatic nitrogens is 2. The zero-order valence-electron chi connectivity index (χ0n) is 9.70. The SMILES string of the molecule is CCCCCC(=O)Cc1nccn1CC. The van der Waals surface area contributed by atoms with Crippen LogP contribution in [0.25, 0.3) is 0 Å². The Balaban J connectivity index is 2.37. The Kier molecular flexibility index (Phi) is 5.08. The van der Waals surface area contributed by atoms with Gasteiger partial charge in [0.05, 0.1) is 6.42 Å². The predicted molar refractivity (Wildman–Crippen MR) is 60.8 cm³/mol. The molecule has 0 atom stereocenters. The van der Waals surface area contributed by atoms with E-state index < -0.39 is 0 Å². The fourth-order valence-corrected chi connectivity index (χ4v) is 1.63. The standard InChI is InChI=1S/C12H20N2O/c1-3-5-6-7-11(15)10-12-13-8-9-14(12)4-2/h8-9H,3-7,10H2,1-2H3. The smallest absolute Gasteiger partial charge is 0.140 e. The molecule has 0 aliphatic heterocycles. The van der Waals surface area contributed by atoms with Gasteiger partial charge in [-0.25, -0.2) is 4.98 Å². The fraction of sp³-hybridized carbons (Fsp3) is 0.667. The number of imidazole rings is 1. The van der Waals surface area contributed by atoms with Crippen molar-refractivity contribution in [2.24, 2.45) is 0 Å². The van der Waals surface area contributed by atoms with Crippen LogP contribution < -0.4 is 0 Å². The molecular formula is C12H20N2O. The summed E-state index contributed by atoms with van der Waals surface area (Å²) in [6.45, 7) is 5.10. The highest BCUT2D eigenvalue weighted by Gasteiger charge is 2.07. The number of carbonyl (C=O) groups excluding carboxylic acids is 1. The summed E-state index contributed by atoms with van der Waals surface area (Å²) in [5, 5.41) is 0. The Morgan fingerprint density at radius 1 is 1.40 bits per heavy atom. The summed E-state index contributed by atoms with van der Waals surface area (Å²) >= 11 is 0. The molecule has 0 radical (unpaired) electrons. The first-order valence-corrected chi connectivity index (χ1v) is 5.79. The normalized spacial score (nSPS) is 10.5. The highest BCUT2D eigenvalue weighted by Crippen LogP contribution is 2.05. The van der Waals surface area contributed by atoms with Crippen LogP contribution in [0.4, 0.5) is 0 Å². The van der Waals surface area contributed by atoms with E-state index >= 15 is 0 Å². The van der Waals surface area contributed by atoms with Crippen LogP contribution in [0.5, 0.6) is 0 Å². The van der Waals surface area contributed by atoms with E-state index in [0.29, 0.717) is 18.6 Å². The molecule has 1 aromatic heterocycles. The Bertz CT molecular complexity index is 304. The van der Waals surface area contributed by atoms with Gasteiger partial charge in [-0.2, -0.15) is 0 Å². The van der Waals surface area contributed by atoms with Crippen LogP contribution in [0.3, 0.4) is 0 Å². The van der Waals surface area contributed by atoms with Crippen LogP contribution in [0.2, 0.25) is 0 Å². The number of unbranched alkanes of at least 4 members (excludes halogenated alkanes) is 2. The average molecular weight is 208 g/mol. The van der Waals surface area contributed by atoms with Gasteiger partial charge in [0.25, 0.3) is 0 Å². The van der Waals surface area contributed by atoms with E-state index in [9.17, 15) is 4.79 Å². The zero-order chi connectivity index (χ0) is 11.1. The number of ketones is 1. The van der Waals surface area contributed by atoms with Crippen LogP contribution in [-0.4, -0.2) is 15.3 Å². The Labute approximate surface area is 91.5 Å². The first-order valence-electron chi connectivity index (χ1n) is 5.79. The van der Waals surface area contributed by atoms with Crippen LogP contribution in [0, 0.1) is 0 Å². The second kappa shape index (κ2) is 6.38. The average Bonchev–Trinajstić information content (AvgIpc) is 2.65. The monoisotopic (exact) mass is 208 g/mol. The second-order valence-electron chi connectivity index (χ2n) is 3.80. The molecule has 0 bridgehead atoms. The van der Waals surface area contributed by atoms with Gasteiger partial charge < -0.3 is 4.57 Å². The minimum Gasteiger partial charge on any atom is -0.335 e. The maximum absolute atomic E-state index is 11.6. The molecule has 0 fully saturated rings. The summed E-state index contributed by atoms with van der Waals surface area (Å²) < 4.78 is 2.03. The van der Waals surface area contributed by atoms with Crippen LogP contribution in [-0.2, 0) is 17.8 Å². The lowest BCUT2D eigenvalue weighted by Crippen LogP contribution is -2.09. The Hall–Kier alpha value is -1.12. The molecular weight excluding hydrogens is 188 g/mol. The molecule has 84 valence electrons. The largest absolute Gasteiger partial charge is 0.335 e. The van der Waals surface area contributed by atoms with Crippen molar-refractivity contribution < 1.29 is 4.79 Å². The molecule has 0 spiro atoms. The van der Waals surface area contributed by atoms with Crippen molar-refractivity contribution in [1.29, 1.82) is 0 Å². The van der Waals surface area contributed by atoms with E-state index in [1.807, 2.05) is 10.8 Å². The van der Waals surface area contributed by atoms with Gasteiger partial charge in [-0.3, -0.25) is 4.79 Å². The maximum atomic E-state index is 11.6. The number of hydrogen-bond donors (Lipinski definition) is 0. The molecule has 0 aromatic carbocycles. The molecule has 1 heterocycles. The van der Waals surface area contributed by atoms with Gasteiger partial charge in [0, 0.05) is 25.4 Å². The van der Waals surface area contributed by atoms with E-state index in [1.165, 1.54) is 0 Å².